The zero-order valence-corrected chi connectivity index (χ0v) is 16.3. The van der Waals surface area contributed by atoms with E-state index in [1.165, 1.54) is 17.2 Å². The lowest BCUT2D eigenvalue weighted by Crippen LogP contribution is -2.12. The van der Waals surface area contributed by atoms with E-state index >= 15 is 0 Å². The van der Waals surface area contributed by atoms with Crippen LogP contribution in [0.2, 0.25) is 0 Å². The van der Waals surface area contributed by atoms with E-state index in [9.17, 15) is 4.79 Å². The second kappa shape index (κ2) is 8.26. The Hall–Kier alpha value is -2.81. The van der Waals surface area contributed by atoms with Crippen LogP contribution in [0.1, 0.15) is 37.8 Å². The van der Waals surface area contributed by atoms with Gasteiger partial charge in [-0.05, 0) is 39.5 Å². The van der Waals surface area contributed by atoms with Gasteiger partial charge < -0.3 is 9.47 Å². The van der Waals surface area contributed by atoms with E-state index in [2.05, 4.69) is 32.6 Å². The van der Waals surface area contributed by atoms with E-state index in [4.69, 9.17) is 9.47 Å². The standard InChI is InChI=1S/C24H26O3/c1-5-22(25)27-24-19-12-7-6-11-18(19)23(26-4)20-14-13-17(15-21(20)24)10-8-9-16(2)3/h5-7,9,11-13H,1,8,10,14-15H2,2-4H3. The summed E-state index contributed by atoms with van der Waals surface area (Å²) in [5.41, 5.74) is 4.86. The maximum absolute atomic E-state index is 12.0. The molecule has 0 saturated carbocycles. The average Bonchev–Trinajstić information content (AvgIpc) is 2.67. The highest BCUT2D eigenvalue weighted by atomic mass is 16.5. The quantitative estimate of drug-likeness (QED) is 0.286. The fourth-order valence-corrected chi connectivity index (χ4v) is 3.66. The highest BCUT2D eigenvalue weighted by Gasteiger charge is 2.24. The van der Waals surface area contributed by atoms with E-state index < -0.39 is 5.97 Å². The Morgan fingerprint density at radius 2 is 1.85 bits per heavy atom. The molecule has 27 heavy (non-hydrogen) atoms. The Kier molecular flexibility index (Phi) is 5.80. The molecule has 2 aromatic carbocycles. The van der Waals surface area contributed by atoms with Crippen molar-refractivity contribution >= 4 is 16.7 Å². The van der Waals surface area contributed by atoms with Gasteiger partial charge in [0.1, 0.15) is 11.5 Å². The number of allylic oxidation sites excluding steroid dienone is 4. The summed E-state index contributed by atoms with van der Waals surface area (Å²) in [6, 6.07) is 7.91. The van der Waals surface area contributed by atoms with Crippen molar-refractivity contribution in [3.63, 3.8) is 0 Å². The number of rotatable bonds is 6. The van der Waals surface area contributed by atoms with E-state index in [0.717, 1.165) is 53.3 Å². The minimum Gasteiger partial charge on any atom is -0.496 e. The molecule has 0 heterocycles. The van der Waals surface area contributed by atoms with Crippen molar-refractivity contribution in [2.45, 2.75) is 39.5 Å². The molecule has 0 aliphatic heterocycles. The predicted octanol–water partition coefficient (Wildman–Crippen LogP) is 5.71. The number of esters is 1. The number of carbonyl (C=O) groups excluding carboxylic acids is 1. The molecule has 3 heteroatoms. The fourth-order valence-electron chi connectivity index (χ4n) is 3.66. The van der Waals surface area contributed by atoms with Crippen molar-refractivity contribution in [3.8, 4) is 11.5 Å². The first-order chi connectivity index (χ1) is 13.0. The van der Waals surface area contributed by atoms with Gasteiger partial charge >= 0.3 is 5.97 Å². The summed E-state index contributed by atoms with van der Waals surface area (Å²) < 4.78 is 11.5. The zero-order valence-electron chi connectivity index (χ0n) is 16.3. The fraction of sp³-hybridized carbons (Fsp3) is 0.292. The molecule has 0 atom stereocenters. The van der Waals surface area contributed by atoms with Gasteiger partial charge in [0.25, 0.3) is 0 Å². The lowest BCUT2D eigenvalue weighted by atomic mass is 9.85. The average molecular weight is 362 g/mol. The van der Waals surface area contributed by atoms with Crippen molar-refractivity contribution in [2.75, 3.05) is 7.11 Å². The van der Waals surface area contributed by atoms with Gasteiger partial charge in [0.15, 0.2) is 0 Å². The van der Waals surface area contributed by atoms with Gasteiger partial charge in [0, 0.05) is 28.0 Å². The molecule has 1 aliphatic rings. The minimum absolute atomic E-state index is 0.437. The van der Waals surface area contributed by atoms with E-state index in [-0.39, 0.29) is 0 Å². The smallest absolute Gasteiger partial charge is 0.335 e. The number of methoxy groups -OCH3 is 1. The van der Waals surface area contributed by atoms with Crippen LogP contribution in [0, 0.1) is 0 Å². The highest BCUT2D eigenvalue weighted by molar-refractivity contribution is 5.98. The van der Waals surface area contributed by atoms with Crippen molar-refractivity contribution in [1.82, 2.24) is 0 Å². The largest absolute Gasteiger partial charge is 0.496 e. The number of carbonyl (C=O) groups is 1. The third-order valence-corrected chi connectivity index (χ3v) is 4.92. The molecule has 0 amide bonds. The molecule has 3 rings (SSSR count). The molecule has 1 aliphatic carbocycles. The molecule has 0 N–H and O–H groups in total. The van der Waals surface area contributed by atoms with Crippen LogP contribution in [0.4, 0.5) is 0 Å². The summed E-state index contributed by atoms with van der Waals surface area (Å²) in [6.45, 7) is 7.78. The minimum atomic E-state index is -0.437. The van der Waals surface area contributed by atoms with Crippen molar-refractivity contribution < 1.29 is 14.3 Å². The summed E-state index contributed by atoms with van der Waals surface area (Å²) in [6.07, 6.45) is 9.34. The van der Waals surface area contributed by atoms with Gasteiger partial charge in [-0.15, -0.1) is 0 Å². The molecule has 0 spiro atoms. The van der Waals surface area contributed by atoms with E-state index in [1.54, 1.807) is 7.11 Å². The monoisotopic (exact) mass is 362 g/mol. The lowest BCUT2D eigenvalue weighted by Gasteiger charge is -2.24. The Morgan fingerprint density at radius 1 is 1.15 bits per heavy atom. The Morgan fingerprint density at radius 3 is 2.48 bits per heavy atom. The van der Waals surface area contributed by atoms with Crippen molar-refractivity contribution in [3.05, 3.63) is 71.3 Å². The SMILES string of the molecule is C=CC(=O)Oc1c2c(c(OC)c3ccccc13)CC=C(CCC=C(C)C)C2. The molecule has 0 radical (unpaired) electrons. The van der Waals surface area contributed by atoms with Gasteiger partial charge in [-0.3, -0.25) is 0 Å². The summed E-state index contributed by atoms with van der Waals surface area (Å²) >= 11 is 0. The third-order valence-electron chi connectivity index (χ3n) is 4.92. The summed E-state index contributed by atoms with van der Waals surface area (Å²) in [5.74, 6) is 1.07. The predicted molar refractivity (Wildman–Crippen MR) is 110 cm³/mol. The highest BCUT2D eigenvalue weighted by Crippen LogP contribution is 2.44. The van der Waals surface area contributed by atoms with Crippen LogP contribution < -0.4 is 9.47 Å². The Bertz CT molecular complexity index is 944. The van der Waals surface area contributed by atoms with Gasteiger partial charge in [-0.2, -0.15) is 0 Å². The molecule has 2 aromatic rings. The molecular formula is C24H26O3. The molecule has 0 unspecified atom stereocenters. The molecule has 0 fully saturated rings. The third kappa shape index (κ3) is 3.97. The van der Waals surface area contributed by atoms with Crippen LogP contribution in [-0.2, 0) is 17.6 Å². The van der Waals surface area contributed by atoms with E-state index in [0.29, 0.717) is 5.75 Å². The molecule has 0 saturated heterocycles. The first kappa shape index (κ1) is 19.0. The topological polar surface area (TPSA) is 35.5 Å². The summed E-state index contributed by atoms with van der Waals surface area (Å²) in [4.78, 5) is 12.0. The van der Waals surface area contributed by atoms with Gasteiger partial charge in [-0.1, -0.05) is 54.1 Å². The first-order valence-electron chi connectivity index (χ1n) is 9.31. The molecule has 140 valence electrons. The van der Waals surface area contributed by atoms with Gasteiger partial charge in [0.05, 0.1) is 7.11 Å². The van der Waals surface area contributed by atoms with Crippen LogP contribution in [0.5, 0.6) is 11.5 Å². The van der Waals surface area contributed by atoms with Crippen LogP contribution >= 0.6 is 0 Å². The maximum atomic E-state index is 12.0. The van der Waals surface area contributed by atoms with Crippen LogP contribution in [0.25, 0.3) is 10.8 Å². The molecular weight excluding hydrogens is 336 g/mol. The van der Waals surface area contributed by atoms with Crippen LogP contribution in [-0.4, -0.2) is 13.1 Å². The number of hydrogen-bond donors (Lipinski definition) is 0. The Labute approximate surface area is 161 Å². The van der Waals surface area contributed by atoms with Crippen molar-refractivity contribution in [2.24, 2.45) is 0 Å². The maximum Gasteiger partial charge on any atom is 0.335 e. The number of hydrogen-bond acceptors (Lipinski definition) is 3. The van der Waals surface area contributed by atoms with Crippen molar-refractivity contribution in [1.29, 1.82) is 0 Å². The van der Waals surface area contributed by atoms with Gasteiger partial charge in [-0.25, -0.2) is 4.79 Å². The zero-order chi connectivity index (χ0) is 19.4. The van der Waals surface area contributed by atoms with Crippen LogP contribution in [0.15, 0.2) is 60.2 Å². The first-order valence-corrected chi connectivity index (χ1v) is 9.31. The second-order valence-corrected chi connectivity index (χ2v) is 7.05. The Balaban J connectivity index is 2.09. The summed E-state index contributed by atoms with van der Waals surface area (Å²) in [5, 5.41) is 1.86. The second-order valence-electron chi connectivity index (χ2n) is 7.05. The summed E-state index contributed by atoms with van der Waals surface area (Å²) in [7, 11) is 1.70. The molecule has 0 aromatic heterocycles. The van der Waals surface area contributed by atoms with E-state index in [1.807, 2.05) is 24.3 Å². The lowest BCUT2D eigenvalue weighted by molar-refractivity contribution is -0.128. The van der Waals surface area contributed by atoms with Gasteiger partial charge in [0.2, 0.25) is 0 Å². The molecule has 3 nitrogen and oxygen atoms in total. The molecule has 0 bridgehead atoms. The number of benzene rings is 2. The van der Waals surface area contributed by atoms with Crippen LogP contribution in [0.3, 0.4) is 0 Å². The normalized spacial score (nSPS) is 12.8. The number of ether oxygens (including phenoxy) is 2. The number of fused-ring (bicyclic) bond motifs is 2.